The number of hydrogen-bond donors (Lipinski definition) is 2. The van der Waals surface area contributed by atoms with Crippen molar-refractivity contribution in [3.8, 4) is 0 Å². The van der Waals surface area contributed by atoms with Crippen molar-refractivity contribution in [2.75, 3.05) is 6.54 Å². The van der Waals surface area contributed by atoms with Gasteiger partial charge in [-0.05, 0) is 18.2 Å². The van der Waals surface area contributed by atoms with Crippen molar-refractivity contribution in [2.45, 2.75) is 13.0 Å². The Hall–Kier alpha value is -4.01. The summed E-state index contributed by atoms with van der Waals surface area (Å²) in [5.74, 6) is -0.883. The Balaban J connectivity index is 1.29. The number of fused-ring (bicyclic) bond motifs is 2. The van der Waals surface area contributed by atoms with Crippen LogP contribution in [-0.2, 0) is 16.1 Å². The number of carbonyl (C=O) groups is 2. The van der Waals surface area contributed by atoms with Crippen LogP contribution >= 0.6 is 0 Å². The largest absolute Gasteiger partial charge is 0.459 e. The fourth-order valence-corrected chi connectivity index (χ4v) is 2.90. The zero-order valence-electron chi connectivity index (χ0n) is 15.3. The first-order chi connectivity index (χ1) is 14.1. The molecule has 0 radical (unpaired) electrons. The third kappa shape index (κ3) is 3.98. The van der Waals surface area contributed by atoms with Crippen molar-refractivity contribution in [3.05, 3.63) is 76.5 Å². The topological polar surface area (TPSA) is 118 Å². The van der Waals surface area contributed by atoms with Crippen LogP contribution in [0, 0.1) is 0 Å². The van der Waals surface area contributed by atoms with E-state index in [-0.39, 0.29) is 36.7 Å². The molecule has 0 bridgehead atoms. The van der Waals surface area contributed by atoms with Crippen LogP contribution in [0.5, 0.6) is 0 Å². The quantitative estimate of drug-likeness (QED) is 0.480. The Morgan fingerprint density at radius 2 is 1.97 bits per heavy atom. The normalized spacial score (nSPS) is 10.9. The van der Waals surface area contributed by atoms with Crippen LogP contribution in [-0.4, -0.2) is 38.0 Å². The fourth-order valence-electron chi connectivity index (χ4n) is 2.90. The molecule has 0 aliphatic heterocycles. The first kappa shape index (κ1) is 18.4. The molecule has 9 nitrogen and oxygen atoms in total. The van der Waals surface area contributed by atoms with Crippen molar-refractivity contribution in [3.63, 3.8) is 0 Å². The number of nitrogens with one attached hydrogen (secondary N) is 2. The highest BCUT2D eigenvalue weighted by Crippen LogP contribution is 2.14. The van der Waals surface area contributed by atoms with Gasteiger partial charge in [-0.15, -0.1) is 0 Å². The van der Waals surface area contributed by atoms with E-state index < -0.39 is 5.97 Å². The molecule has 1 aromatic carbocycles. The smallest absolute Gasteiger partial charge is 0.307 e. The molecular weight excluding hydrogens is 374 g/mol. The number of pyridine rings is 1. The van der Waals surface area contributed by atoms with Gasteiger partial charge in [-0.3, -0.25) is 23.9 Å². The highest BCUT2D eigenvalue weighted by atomic mass is 16.5. The van der Waals surface area contributed by atoms with Gasteiger partial charge in [-0.2, -0.15) is 5.10 Å². The second kappa shape index (κ2) is 7.93. The summed E-state index contributed by atoms with van der Waals surface area (Å²) in [6.07, 6.45) is 1.60. The predicted molar refractivity (Wildman–Crippen MR) is 104 cm³/mol. The maximum Gasteiger partial charge on any atom is 0.307 e. The van der Waals surface area contributed by atoms with E-state index in [0.717, 1.165) is 5.52 Å². The van der Waals surface area contributed by atoms with E-state index >= 15 is 0 Å². The average molecular weight is 391 g/mol. The number of hydrogen-bond acceptors (Lipinski definition) is 6. The number of nitrogens with zero attached hydrogens (tertiary/aromatic N) is 3. The summed E-state index contributed by atoms with van der Waals surface area (Å²) in [5, 5.41) is 10.2. The zero-order chi connectivity index (χ0) is 20.2. The van der Waals surface area contributed by atoms with Crippen molar-refractivity contribution in [1.82, 2.24) is 24.9 Å². The molecule has 4 rings (SSSR count). The van der Waals surface area contributed by atoms with Gasteiger partial charge in [0.2, 0.25) is 0 Å². The van der Waals surface area contributed by atoms with Crippen molar-refractivity contribution in [1.29, 1.82) is 0 Å². The molecule has 0 unspecified atom stereocenters. The molecule has 2 N–H and O–H groups in total. The molecular formula is C20H17N5O4. The molecule has 0 saturated heterocycles. The van der Waals surface area contributed by atoms with Crippen LogP contribution in [0.2, 0.25) is 0 Å². The number of benzene rings is 1. The Bertz CT molecular complexity index is 1260. The maximum atomic E-state index is 12.2. The minimum absolute atomic E-state index is 0.0132. The average Bonchev–Trinajstić information content (AvgIpc) is 3.16. The van der Waals surface area contributed by atoms with Crippen molar-refractivity contribution >= 4 is 28.4 Å². The molecule has 3 heterocycles. The molecule has 4 aromatic rings. The first-order valence-electron chi connectivity index (χ1n) is 8.96. The molecule has 9 heteroatoms. The Kier molecular flexibility index (Phi) is 5.02. The summed E-state index contributed by atoms with van der Waals surface area (Å²) >= 11 is 0. The van der Waals surface area contributed by atoms with Crippen LogP contribution in [0.3, 0.4) is 0 Å². The van der Waals surface area contributed by atoms with Gasteiger partial charge in [0.25, 0.3) is 11.5 Å². The first-order valence-corrected chi connectivity index (χ1v) is 8.96. The number of carbonyl (C=O) groups excluding carboxylic acids is 2. The molecule has 0 atom stereocenters. The van der Waals surface area contributed by atoms with E-state index in [1.54, 1.807) is 30.5 Å². The van der Waals surface area contributed by atoms with Gasteiger partial charge in [0.05, 0.1) is 17.6 Å². The van der Waals surface area contributed by atoms with Gasteiger partial charge in [-0.1, -0.05) is 24.3 Å². The third-order valence-corrected chi connectivity index (χ3v) is 4.31. The monoisotopic (exact) mass is 391 g/mol. The Morgan fingerprint density at radius 3 is 2.86 bits per heavy atom. The zero-order valence-corrected chi connectivity index (χ0v) is 15.3. The van der Waals surface area contributed by atoms with Gasteiger partial charge in [0, 0.05) is 24.2 Å². The summed E-state index contributed by atoms with van der Waals surface area (Å²) in [6, 6.07) is 13.8. The SMILES string of the molecule is O=C(CCNC(=O)c1n[nH]c2ccccc12)OCc1cc(=O)n2ccccc2n1. The van der Waals surface area contributed by atoms with E-state index in [9.17, 15) is 14.4 Å². The summed E-state index contributed by atoms with van der Waals surface area (Å²) in [5.41, 5.74) is 1.62. The Labute approximate surface area is 164 Å². The third-order valence-electron chi connectivity index (χ3n) is 4.31. The standard InChI is InChI=1S/C20H17N5O4/c26-17-11-13(22-16-7-3-4-10-25(16)17)12-29-18(27)8-9-21-20(28)19-14-5-1-2-6-15(14)23-24-19/h1-7,10-11H,8-9,12H2,(H,21,28)(H,23,24). The van der Waals surface area contributed by atoms with Crippen LogP contribution < -0.4 is 10.9 Å². The molecule has 0 aliphatic rings. The van der Waals surface area contributed by atoms with Crippen LogP contribution in [0.1, 0.15) is 22.6 Å². The molecule has 0 aliphatic carbocycles. The lowest BCUT2D eigenvalue weighted by atomic mass is 10.2. The minimum Gasteiger partial charge on any atom is -0.459 e. The van der Waals surface area contributed by atoms with Crippen molar-refractivity contribution in [2.24, 2.45) is 0 Å². The number of esters is 1. The summed E-state index contributed by atoms with van der Waals surface area (Å²) in [7, 11) is 0. The lowest BCUT2D eigenvalue weighted by molar-refractivity contribution is -0.144. The van der Waals surface area contributed by atoms with Gasteiger partial charge in [-0.25, -0.2) is 4.98 Å². The maximum absolute atomic E-state index is 12.2. The number of H-pyrrole nitrogens is 1. The number of para-hydroxylation sites is 1. The summed E-state index contributed by atoms with van der Waals surface area (Å²) < 4.78 is 6.55. The van der Waals surface area contributed by atoms with Crippen LogP contribution in [0.15, 0.2) is 59.5 Å². The van der Waals surface area contributed by atoms with Gasteiger partial charge in [0.1, 0.15) is 12.3 Å². The molecule has 146 valence electrons. The second-order valence-corrected chi connectivity index (χ2v) is 6.30. The molecule has 0 fully saturated rings. The molecule has 0 spiro atoms. The van der Waals surface area contributed by atoms with Gasteiger partial charge >= 0.3 is 5.97 Å². The van der Waals surface area contributed by atoms with E-state index in [0.29, 0.717) is 16.7 Å². The second-order valence-electron chi connectivity index (χ2n) is 6.30. The molecule has 0 saturated carbocycles. The number of amides is 1. The highest BCUT2D eigenvalue weighted by Gasteiger charge is 2.14. The fraction of sp³-hybridized carbons (Fsp3) is 0.150. The van der Waals surface area contributed by atoms with Crippen molar-refractivity contribution < 1.29 is 14.3 Å². The number of rotatable bonds is 6. The highest BCUT2D eigenvalue weighted by molar-refractivity contribution is 6.04. The minimum atomic E-state index is -0.507. The number of ether oxygens (including phenoxy) is 1. The van der Waals surface area contributed by atoms with E-state index in [2.05, 4.69) is 20.5 Å². The number of aromatic amines is 1. The molecule has 3 aromatic heterocycles. The van der Waals surface area contributed by atoms with Gasteiger partial charge < -0.3 is 10.1 Å². The van der Waals surface area contributed by atoms with E-state index in [1.807, 2.05) is 18.2 Å². The predicted octanol–water partition coefficient (Wildman–Crippen LogP) is 1.43. The lowest BCUT2D eigenvalue weighted by Crippen LogP contribution is -2.27. The van der Waals surface area contributed by atoms with E-state index in [1.165, 1.54) is 10.5 Å². The van der Waals surface area contributed by atoms with Crippen LogP contribution in [0.4, 0.5) is 0 Å². The van der Waals surface area contributed by atoms with E-state index in [4.69, 9.17) is 4.74 Å². The summed E-state index contributed by atoms with van der Waals surface area (Å²) in [6.45, 7) is -0.00984. The molecule has 29 heavy (non-hydrogen) atoms. The number of aromatic nitrogens is 4. The Morgan fingerprint density at radius 1 is 1.14 bits per heavy atom. The van der Waals surface area contributed by atoms with Crippen LogP contribution in [0.25, 0.3) is 16.6 Å². The lowest BCUT2D eigenvalue weighted by Gasteiger charge is -2.06. The van der Waals surface area contributed by atoms with Gasteiger partial charge in [0.15, 0.2) is 5.69 Å². The molecule has 1 amide bonds. The summed E-state index contributed by atoms with van der Waals surface area (Å²) in [4.78, 5) is 40.5.